The number of phenols is 1. The van der Waals surface area contributed by atoms with Gasteiger partial charge in [-0.15, -0.1) is 9.39 Å². The Labute approximate surface area is 163 Å². The molecule has 1 aromatic rings. The minimum Gasteiger partial charge on any atom is -0.507 e. The molecule has 0 saturated heterocycles. The van der Waals surface area contributed by atoms with Crippen LogP contribution in [0.15, 0.2) is 46.4 Å². The predicted octanol–water partition coefficient (Wildman–Crippen LogP) is 4.71. The fraction of sp³-hybridized carbons (Fsp3) is 0.429. The summed E-state index contributed by atoms with van der Waals surface area (Å²) in [6.45, 7) is 4.29. The molecular formula is C21H29ClN2OS. The highest BCUT2D eigenvalue weighted by molar-refractivity contribution is 8.26. The third-order valence-electron chi connectivity index (χ3n) is 5.13. The van der Waals surface area contributed by atoms with E-state index < -0.39 is 9.39 Å². The van der Waals surface area contributed by atoms with Crippen molar-refractivity contribution in [1.29, 1.82) is 0 Å². The van der Waals surface area contributed by atoms with Gasteiger partial charge in [-0.1, -0.05) is 41.1 Å². The van der Waals surface area contributed by atoms with Gasteiger partial charge < -0.3 is 5.11 Å². The summed E-state index contributed by atoms with van der Waals surface area (Å²) in [4.78, 5) is 3.31. The van der Waals surface area contributed by atoms with Gasteiger partial charge in [-0.25, -0.2) is 0 Å². The molecule has 3 rings (SSSR count). The summed E-state index contributed by atoms with van der Waals surface area (Å²) >= 11 is 5.91. The molecule has 0 bridgehead atoms. The van der Waals surface area contributed by atoms with Gasteiger partial charge in [0.15, 0.2) is 0 Å². The molecule has 0 unspecified atom stereocenters. The highest BCUT2D eigenvalue weighted by Gasteiger charge is 2.18. The minimum absolute atomic E-state index is 0.169. The highest BCUT2D eigenvalue weighted by atomic mass is 35.5. The monoisotopic (exact) mass is 392 g/mol. The minimum atomic E-state index is -1.72. The molecule has 1 aliphatic carbocycles. The van der Waals surface area contributed by atoms with Crippen molar-refractivity contribution in [3.8, 4) is 5.75 Å². The molecule has 2 aliphatic rings. The number of hydrogen-bond acceptors (Lipinski definition) is 3. The molecular weight excluding hydrogens is 364 g/mol. The molecule has 0 aromatic heterocycles. The van der Waals surface area contributed by atoms with Gasteiger partial charge >= 0.3 is 0 Å². The largest absolute Gasteiger partial charge is 0.507 e. The van der Waals surface area contributed by atoms with Gasteiger partial charge in [-0.05, 0) is 62.4 Å². The Morgan fingerprint density at radius 1 is 1.23 bits per heavy atom. The van der Waals surface area contributed by atoms with Crippen LogP contribution in [-0.4, -0.2) is 47.9 Å². The van der Waals surface area contributed by atoms with Crippen LogP contribution >= 0.6 is 21.0 Å². The number of nitrogens with zero attached hydrogens (tertiary/aromatic N) is 1. The fourth-order valence-corrected chi connectivity index (χ4v) is 5.29. The van der Waals surface area contributed by atoms with Gasteiger partial charge in [-0.2, -0.15) is 0 Å². The molecule has 2 N–H and O–H groups in total. The predicted molar refractivity (Wildman–Crippen MR) is 117 cm³/mol. The van der Waals surface area contributed by atoms with Crippen LogP contribution in [0, 0.1) is 0 Å². The quantitative estimate of drug-likeness (QED) is 0.521. The van der Waals surface area contributed by atoms with Crippen molar-refractivity contribution >= 4 is 32.7 Å². The van der Waals surface area contributed by atoms with Crippen molar-refractivity contribution in [3.63, 3.8) is 0 Å². The van der Waals surface area contributed by atoms with Crippen LogP contribution in [-0.2, 0) is 0 Å². The number of hydrogen-bond donors (Lipinski definition) is 2. The van der Waals surface area contributed by atoms with Crippen molar-refractivity contribution in [2.24, 2.45) is 0 Å². The number of nitrogens with one attached hydrogen (secondary N) is 1. The lowest BCUT2D eigenvalue weighted by molar-refractivity contribution is 0.279. The lowest BCUT2D eigenvalue weighted by Gasteiger charge is -2.31. The molecule has 1 heterocycles. The molecule has 3 nitrogen and oxygen atoms in total. The second-order valence-corrected chi connectivity index (χ2v) is 10.1. The van der Waals surface area contributed by atoms with Gasteiger partial charge in [0.25, 0.3) is 0 Å². The first-order chi connectivity index (χ1) is 12.5. The van der Waals surface area contributed by atoms with E-state index in [4.69, 9.17) is 11.6 Å². The van der Waals surface area contributed by atoms with Gasteiger partial charge in [0.2, 0.25) is 0 Å². The topological polar surface area (TPSA) is 35.5 Å². The maximum absolute atomic E-state index is 10.1. The zero-order valence-electron chi connectivity index (χ0n) is 15.3. The van der Waals surface area contributed by atoms with Gasteiger partial charge in [0.05, 0.1) is 4.90 Å². The van der Waals surface area contributed by atoms with Gasteiger partial charge in [0, 0.05) is 24.7 Å². The van der Waals surface area contributed by atoms with Gasteiger partial charge in [-0.3, -0.25) is 9.62 Å². The summed E-state index contributed by atoms with van der Waals surface area (Å²) in [5, 5.41) is 10.6. The van der Waals surface area contributed by atoms with Crippen molar-refractivity contribution < 1.29 is 5.11 Å². The molecule has 26 heavy (non-hydrogen) atoms. The van der Waals surface area contributed by atoms with E-state index in [1.54, 1.807) is 23.3 Å². The van der Waals surface area contributed by atoms with E-state index in [1.165, 1.54) is 25.8 Å². The zero-order valence-corrected chi connectivity index (χ0v) is 16.9. The number of unbranched alkanes of at least 4 members (excludes halogenated alkanes) is 1. The van der Waals surface area contributed by atoms with Crippen molar-refractivity contribution in [3.05, 3.63) is 46.5 Å². The number of halogens is 1. The third kappa shape index (κ3) is 4.95. The van der Waals surface area contributed by atoms with E-state index in [0.717, 1.165) is 37.4 Å². The van der Waals surface area contributed by atoms with E-state index in [-0.39, 0.29) is 5.75 Å². The first kappa shape index (κ1) is 19.6. The average Bonchev–Trinajstić information content (AvgIpc) is 2.61. The Kier molecular flexibility index (Phi) is 6.51. The number of rotatable bonds is 7. The number of aromatic hydroxyl groups is 1. The van der Waals surface area contributed by atoms with Crippen LogP contribution in [0.25, 0.3) is 0 Å². The molecule has 0 amide bonds. The fourth-order valence-electron chi connectivity index (χ4n) is 3.64. The van der Waals surface area contributed by atoms with Crippen molar-refractivity contribution in [1.82, 2.24) is 9.62 Å². The summed E-state index contributed by atoms with van der Waals surface area (Å²) in [7, 11) is -1.72. The lowest BCUT2D eigenvalue weighted by atomic mass is 9.92. The third-order valence-corrected chi connectivity index (χ3v) is 7.31. The Balaban J connectivity index is 1.42. The average molecular weight is 393 g/mol. The molecule has 0 fully saturated rings. The number of allylic oxidation sites excluding steroid dienone is 1. The second kappa shape index (κ2) is 8.66. The van der Waals surface area contributed by atoms with E-state index in [1.807, 2.05) is 6.07 Å². The molecule has 0 atom stereocenters. The van der Waals surface area contributed by atoms with E-state index in [0.29, 0.717) is 5.02 Å². The van der Waals surface area contributed by atoms with Crippen LogP contribution in [0.2, 0.25) is 5.02 Å². The van der Waals surface area contributed by atoms with Crippen LogP contribution in [0.1, 0.15) is 32.1 Å². The molecule has 0 saturated carbocycles. The van der Waals surface area contributed by atoms with E-state index in [2.05, 4.69) is 33.5 Å². The summed E-state index contributed by atoms with van der Waals surface area (Å²) < 4.78 is 3.44. The SMILES string of the molecule is C=S(=C)(NCCCCN1CCC2=C(C=CCC2)C1)c1ccc(Cl)cc1O. The summed E-state index contributed by atoms with van der Waals surface area (Å²) in [6.07, 6.45) is 10.6. The molecule has 0 spiro atoms. The summed E-state index contributed by atoms with van der Waals surface area (Å²) in [6, 6.07) is 5.14. The van der Waals surface area contributed by atoms with Crippen molar-refractivity contribution in [2.75, 3.05) is 26.2 Å². The maximum atomic E-state index is 10.1. The summed E-state index contributed by atoms with van der Waals surface area (Å²) in [5.41, 5.74) is 3.23. The van der Waals surface area contributed by atoms with E-state index >= 15 is 0 Å². The van der Waals surface area contributed by atoms with Crippen LogP contribution in [0.3, 0.4) is 0 Å². The zero-order chi connectivity index (χ0) is 18.6. The van der Waals surface area contributed by atoms with Gasteiger partial charge in [0.1, 0.15) is 5.75 Å². The van der Waals surface area contributed by atoms with Crippen LogP contribution in [0.5, 0.6) is 5.75 Å². The standard InChI is InChI=1S/C21H29ClN2OS/c1-26(2,21-10-9-19(22)15-20(21)25)23-12-5-6-13-24-14-11-17-7-3-4-8-18(17)16-24/h4,8-10,15,23,25H,1-3,5-7,11-14,16H2. The molecule has 0 radical (unpaired) electrons. The Bertz CT molecular complexity index is 811. The number of phenolic OH excluding ortho intramolecular Hbond substituents is 1. The first-order valence-corrected chi connectivity index (χ1v) is 11.6. The smallest absolute Gasteiger partial charge is 0.130 e. The molecule has 5 heteroatoms. The normalized spacial score (nSPS) is 18.2. The van der Waals surface area contributed by atoms with Crippen LogP contribution in [0.4, 0.5) is 0 Å². The first-order valence-electron chi connectivity index (χ1n) is 9.28. The van der Waals surface area contributed by atoms with Crippen molar-refractivity contribution in [2.45, 2.75) is 37.0 Å². The Hall–Kier alpha value is -1.20. The molecule has 1 aromatic carbocycles. The number of benzene rings is 1. The highest BCUT2D eigenvalue weighted by Crippen LogP contribution is 2.37. The second-order valence-electron chi connectivity index (χ2n) is 7.19. The van der Waals surface area contributed by atoms with Crippen LogP contribution < -0.4 is 4.72 Å². The Morgan fingerprint density at radius 2 is 2.08 bits per heavy atom. The Morgan fingerprint density at radius 3 is 2.88 bits per heavy atom. The molecule has 142 valence electrons. The maximum Gasteiger partial charge on any atom is 0.130 e. The lowest BCUT2D eigenvalue weighted by Crippen LogP contribution is -2.33. The molecule has 1 aliphatic heterocycles. The summed E-state index contributed by atoms with van der Waals surface area (Å²) in [5.74, 6) is 8.56. The van der Waals surface area contributed by atoms with E-state index in [9.17, 15) is 5.11 Å².